The summed E-state index contributed by atoms with van der Waals surface area (Å²) >= 11 is 1.54. The van der Waals surface area contributed by atoms with Crippen LogP contribution in [0.25, 0.3) is 0 Å². The zero-order valence-electron chi connectivity index (χ0n) is 13.7. The van der Waals surface area contributed by atoms with E-state index in [9.17, 15) is 9.90 Å². The quantitative estimate of drug-likeness (QED) is 0.547. The minimum Gasteiger partial charge on any atom is -0.372 e. The lowest BCUT2D eigenvalue weighted by Crippen LogP contribution is -2.43. The van der Waals surface area contributed by atoms with Gasteiger partial charge in [0.1, 0.15) is 0 Å². The van der Waals surface area contributed by atoms with Gasteiger partial charge >= 0.3 is 0 Å². The number of rotatable bonds is 5. The second kappa shape index (κ2) is 7.42. The van der Waals surface area contributed by atoms with E-state index in [-0.39, 0.29) is 0 Å². The van der Waals surface area contributed by atoms with Crippen LogP contribution in [0.2, 0.25) is 0 Å². The van der Waals surface area contributed by atoms with E-state index in [1.807, 2.05) is 30.5 Å². The van der Waals surface area contributed by atoms with Crippen LogP contribution < -0.4 is 5.43 Å². The zero-order chi connectivity index (χ0) is 17.7. The van der Waals surface area contributed by atoms with E-state index in [0.29, 0.717) is 11.1 Å². The maximum absolute atomic E-state index is 12.8. The number of hydrazone groups is 1. The number of aliphatic hydroxyl groups is 1. The van der Waals surface area contributed by atoms with Gasteiger partial charge in [0.05, 0.1) is 6.21 Å². The molecule has 0 radical (unpaired) electrons. The Bertz CT molecular complexity index is 833. The van der Waals surface area contributed by atoms with Gasteiger partial charge in [-0.05, 0) is 35.1 Å². The monoisotopic (exact) mass is 350 g/mol. The fraction of sp³-hybridized carbons (Fsp3) is 0.100. The topological polar surface area (TPSA) is 61.7 Å². The molecule has 3 rings (SSSR count). The van der Waals surface area contributed by atoms with E-state index in [1.54, 1.807) is 54.7 Å². The molecule has 0 fully saturated rings. The molecule has 2 aromatic carbocycles. The van der Waals surface area contributed by atoms with E-state index < -0.39 is 11.5 Å². The van der Waals surface area contributed by atoms with Crippen molar-refractivity contribution in [2.75, 3.05) is 0 Å². The van der Waals surface area contributed by atoms with Crippen molar-refractivity contribution < 1.29 is 9.90 Å². The molecule has 2 N–H and O–H groups in total. The minimum atomic E-state index is -1.82. The summed E-state index contributed by atoms with van der Waals surface area (Å²) in [5, 5.41) is 17.2. The lowest BCUT2D eigenvalue weighted by Gasteiger charge is -2.27. The molecule has 1 amide bonds. The molecule has 0 aliphatic rings. The van der Waals surface area contributed by atoms with Gasteiger partial charge in [0.25, 0.3) is 5.91 Å². The SMILES string of the molecule is Cc1ccsc1C=NNC(=O)C(O)(c1ccccc1)c1ccccc1. The van der Waals surface area contributed by atoms with Gasteiger partial charge < -0.3 is 5.11 Å². The second-order valence-corrected chi connectivity index (χ2v) is 6.56. The summed E-state index contributed by atoms with van der Waals surface area (Å²) in [5.74, 6) is -0.602. The molecular formula is C20H18N2O2S. The van der Waals surface area contributed by atoms with Gasteiger partial charge in [-0.25, -0.2) is 5.43 Å². The zero-order valence-corrected chi connectivity index (χ0v) is 14.5. The summed E-state index contributed by atoms with van der Waals surface area (Å²) in [6.07, 6.45) is 1.59. The van der Waals surface area contributed by atoms with Gasteiger partial charge in [0, 0.05) is 4.88 Å². The van der Waals surface area contributed by atoms with Crippen LogP contribution in [0.1, 0.15) is 21.6 Å². The fourth-order valence-corrected chi connectivity index (χ4v) is 3.32. The lowest BCUT2D eigenvalue weighted by atomic mass is 9.85. The highest BCUT2D eigenvalue weighted by molar-refractivity contribution is 7.11. The number of thiophene rings is 1. The third-order valence-corrected chi connectivity index (χ3v) is 4.91. The van der Waals surface area contributed by atoms with Crippen molar-refractivity contribution in [1.29, 1.82) is 0 Å². The van der Waals surface area contributed by atoms with Crippen molar-refractivity contribution in [2.45, 2.75) is 12.5 Å². The molecule has 3 aromatic rings. The minimum absolute atomic E-state index is 0.487. The van der Waals surface area contributed by atoms with Crippen LogP contribution >= 0.6 is 11.3 Å². The first-order valence-electron chi connectivity index (χ1n) is 7.83. The number of hydrogen-bond acceptors (Lipinski definition) is 4. The first kappa shape index (κ1) is 17.1. The summed E-state index contributed by atoms with van der Waals surface area (Å²) in [6, 6.07) is 19.7. The average molecular weight is 350 g/mol. The third kappa shape index (κ3) is 3.52. The highest BCUT2D eigenvalue weighted by atomic mass is 32.1. The Morgan fingerprint density at radius 1 is 1.04 bits per heavy atom. The number of carbonyl (C=O) groups excluding carboxylic acids is 1. The summed E-state index contributed by atoms with van der Waals surface area (Å²) in [5.41, 5.74) is 2.72. The summed E-state index contributed by atoms with van der Waals surface area (Å²) < 4.78 is 0. The number of benzene rings is 2. The number of nitrogens with zero attached hydrogens (tertiary/aromatic N) is 1. The standard InChI is InChI=1S/C20H18N2O2S/c1-15-12-13-25-18(15)14-21-22-19(23)20(24,16-8-4-2-5-9-16)17-10-6-3-7-11-17/h2-14,24H,1H3,(H,22,23). The summed E-state index contributed by atoms with van der Waals surface area (Å²) in [7, 11) is 0. The molecule has 1 aromatic heterocycles. The molecule has 0 spiro atoms. The molecule has 0 aliphatic carbocycles. The van der Waals surface area contributed by atoms with Crippen molar-refractivity contribution >= 4 is 23.5 Å². The highest BCUT2D eigenvalue weighted by Gasteiger charge is 2.39. The van der Waals surface area contributed by atoms with Gasteiger partial charge in [-0.15, -0.1) is 11.3 Å². The van der Waals surface area contributed by atoms with Crippen LogP contribution in [0.4, 0.5) is 0 Å². The smallest absolute Gasteiger partial charge is 0.281 e. The molecule has 5 heteroatoms. The van der Waals surface area contributed by atoms with Crippen LogP contribution in [0.15, 0.2) is 77.2 Å². The normalized spacial score (nSPS) is 11.6. The molecule has 0 bridgehead atoms. The Morgan fingerprint density at radius 3 is 2.08 bits per heavy atom. The van der Waals surface area contributed by atoms with Crippen molar-refractivity contribution in [2.24, 2.45) is 5.10 Å². The molecule has 126 valence electrons. The molecule has 25 heavy (non-hydrogen) atoms. The Morgan fingerprint density at radius 2 is 1.60 bits per heavy atom. The number of nitrogens with one attached hydrogen (secondary N) is 1. The number of hydrogen-bond donors (Lipinski definition) is 2. The van der Waals surface area contributed by atoms with Crippen molar-refractivity contribution in [3.63, 3.8) is 0 Å². The van der Waals surface area contributed by atoms with E-state index in [2.05, 4.69) is 10.5 Å². The van der Waals surface area contributed by atoms with E-state index in [4.69, 9.17) is 0 Å². The lowest BCUT2D eigenvalue weighted by molar-refractivity contribution is -0.136. The summed E-state index contributed by atoms with van der Waals surface area (Å²) in [4.78, 5) is 13.8. The van der Waals surface area contributed by atoms with Gasteiger partial charge in [0.2, 0.25) is 0 Å². The van der Waals surface area contributed by atoms with Crippen molar-refractivity contribution in [3.05, 3.63) is 93.7 Å². The van der Waals surface area contributed by atoms with Gasteiger partial charge in [-0.2, -0.15) is 5.10 Å². The third-order valence-electron chi connectivity index (χ3n) is 3.96. The average Bonchev–Trinajstić information content (AvgIpc) is 3.07. The maximum atomic E-state index is 12.8. The predicted molar refractivity (Wildman–Crippen MR) is 101 cm³/mol. The van der Waals surface area contributed by atoms with Gasteiger partial charge in [0.15, 0.2) is 5.60 Å². The van der Waals surface area contributed by atoms with Crippen LogP contribution in [0.5, 0.6) is 0 Å². The predicted octanol–water partition coefficient (Wildman–Crippen LogP) is 3.44. The molecule has 0 aliphatic heterocycles. The molecule has 0 unspecified atom stereocenters. The Hall–Kier alpha value is -2.76. The van der Waals surface area contributed by atoms with Crippen molar-refractivity contribution in [3.8, 4) is 0 Å². The summed E-state index contributed by atoms with van der Waals surface area (Å²) in [6.45, 7) is 1.98. The van der Waals surface area contributed by atoms with E-state index in [1.165, 1.54) is 11.3 Å². The number of carbonyl (C=O) groups is 1. The molecule has 4 nitrogen and oxygen atoms in total. The molecular weight excluding hydrogens is 332 g/mol. The van der Waals surface area contributed by atoms with Crippen LogP contribution in [0.3, 0.4) is 0 Å². The maximum Gasteiger partial charge on any atom is 0.281 e. The fourth-order valence-electron chi connectivity index (χ4n) is 2.53. The highest BCUT2D eigenvalue weighted by Crippen LogP contribution is 2.29. The Kier molecular flexibility index (Phi) is 5.07. The van der Waals surface area contributed by atoms with Crippen LogP contribution in [-0.2, 0) is 10.4 Å². The first-order valence-corrected chi connectivity index (χ1v) is 8.71. The molecule has 0 atom stereocenters. The first-order chi connectivity index (χ1) is 12.1. The van der Waals surface area contributed by atoms with Crippen LogP contribution in [0, 0.1) is 6.92 Å². The number of amides is 1. The Balaban J connectivity index is 1.91. The number of aryl methyl sites for hydroxylation is 1. The second-order valence-electron chi connectivity index (χ2n) is 5.61. The molecule has 0 saturated carbocycles. The van der Waals surface area contributed by atoms with Crippen molar-refractivity contribution in [1.82, 2.24) is 5.43 Å². The van der Waals surface area contributed by atoms with Gasteiger partial charge in [-0.1, -0.05) is 60.7 Å². The largest absolute Gasteiger partial charge is 0.372 e. The van der Waals surface area contributed by atoms with Gasteiger partial charge in [-0.3, -0.25) is 4.79 Å². The van der Waals surface area contributed by atoms with E-state index >= 15 is 0 Å². The van der Waals surface area contributed by atoms with E-state index in [0.717, 1.165) is 10.4 Å². The Labute approximate surface area is 150 Å². The molecule has 0 saturated heterocycles. The molecule has 1 heterocycles. The van der Waals surface area contributed by atoms with Crippen LogP contribution in [-0.4, -0.2) is 17.2 Å².